The second kappa shape index (κ2) is 5.70. The molecule has 1 aliphatic rings. The number of benzene rings is 1. The van der Waals surface area contributed by atoms with Gasteiger partial charge in [-0.3, -0.25) is 4.90 Å². The van der Waals surface area contributed by atoms with Crippen molar-refractivity contribution in [2.75, 3.05) is 6.54 Å². The summed E-state index contributed by atoms with van der Waals surface area (Å²) in [6.45, 7) is 5.84. The van der Waals surface area contributed by atoms with E-state index in [0.717, 1.165) is 12.6 Å². The van der Waals surface area contributed by atoms with Crippen molar-refractivity contribution >= 4 is 5.97 Å². The van der Waals surface area contributed by atoms with E-state index in [0.29, 0.717) is 24.1 Å². The normalized spacial score (nSPS) is 15.2. The van der Waals surface area contributed by atoms with Gasteiger partial charge in [-0.1, -0.05) is 19.9 Å². The lowest BCUT2D eigenvalue weighted by Gasteiger charge is -2.24. The summed E-state index contributed by atoms with van der Waals surface area (Å²) in [6.07, 6.45) is 2.35. The number of nitrogens with zero attached hydrogens (tertiary/aromatic N) is 1. The Labute approximate surface area is 113 Å². The van der Waals surface area contributed by atoms with E-state index in [9.17, 15) is 9.18 Å². The average Bonchev–Trinajstić information content (AvgIpc) is 3.13. The van der Waals surface area contributed by atoms with E-state index in [4.69, 9.17) is 5.11 Å². The third-order valence-corrected chi connectivity index (χ3v) is 3.34. The van der Waals surface area contributed by atoms with Gasteiger partial charge in [0.15, 0.2) is 0 Å². The third-order valence-electron chi connectivity index (χ3n) is 3.34. The van der Waals surface area contributed by atoms with Gasteiger partial charge in [0.05, 0.1) is 5.56 Å². The predicted molar refractivity (Wildman–Crippen MR) is 71.6 cm³/mol. The van der Waals surface area contributed by atoms with Crippen molar-refractivity contribution in [3.8, 4) is 0 Å². The Morgan fingerprint density at radius 2 is 2.16 bits per heavy atom. The second-order valence-corrected chi connectivity index (χ2v) is 5.66. The van der Waals surface area contributed by atoms with E-state index >= 15 is 0 Å². The van der Waals surface area contributed by atoms with Crippen LogP contribution in [0.1, 0.15) is 42.6 Å². The molecule has 1 saturated carbocycles. The van der Waals surface area contributed by atoms with Gasteiger partial charge in [0.2, 0.25) is 0 Å². The van der Waals surface area contributed by atoms with Crippen LogP contribution in [0.4, 0.5) is 4.39 Å². The zero-order valence-electron chi connectivity index (χ0n) is 11.4. The molecule has 104 valence electrons. The minimum absolute atomic E-state index is 0.0782. The first-order valence-electron chi connectivity index (χ1n) is 6.73. The van der Waals surface area contributed by atoms with Gasteiger partial charge in [-0.15, -0.1) is 0 Å². The van der Waals surface area contributed by atoms with Gasteiger partial charge < -0.3 is 5.11 Å². The lowest BCUT2D eigenvalue weighted by molar-refractivity contribution is 0.0693. The van der Waals surface area contributed by atoms with Crippen molar-refractivity contribution in [3.63, 3.8) is 0 Å². The van der Waals surface area contributed by atoms with Crippen molar-refractivity contribution in [1.29, 1.82) is 0 Å². The molecule has 1 fully saturated rings. The molecule has 1 aromatic rings. The Morgan fingerprint density at radius 1 is 1.47 bits per heavy atom. The Hall–Kier alpha value is -1.42. The predicted octanol–water partition coefficient (Wildman–Crippen LogP) is 3.14. The van der Waals surface area contributed by atoms with E-state index in [2.05, 4.69) is 18.7 Å². The van der Waals surface area contributed by atoms with Gasteiger partial charge in [-0.05, 0) is 36.5 Å². The summed E-state index contributed by atoms with van der Waals surface area (Å²) in [6, 6.07) is 4.60. The molecule has 1 N–H and O–H groups in total. The number of halogens is 1. The van der Waals surface area contributed by atoms with Gasteiger partial charge in [0, 0.05) is 19.1 Å². The molecule has 19 heavy (non-hydrogen) atoms. The molecule has 0 aromatic heterocycles. The van der Waals surface area contributed by atoms with E-state index in [1.54, 1.807) is 6.07 Å². The van der Waals surface area contributed by atoms with E-state index in [-0.39, 0.29) is 5.56 Å². The maximum absolute atomic E-state index is 13.1. The zero-order chi connectivity index (χ0) is 14.0. The first kappa shape index (κ1) is 14.0. The Bertz CT molecular complexity index is 469. The second-order valence-electron chi connectivity index (χ2n) is 5.66. The topological polar surface area (TPSA) is 40.5 Å². The summed E-state index contributed by atoms with van der Waals surface area (Å²) < 4.78 is 13.1. The van der Waals surface area contributed by atoms with Crippen LogP contribution in [0.15, 0.2) is 18.2 Å². The number of hydrogen-bond donors (Lipinski definition) is 1. The summed E-state index contributed by atoms with van der Waals surface area (Å²) >= 11 is 0. The van der Waals surface area contributed by atoms with Crippen LogP contribution < -0.4 is 0 Å². The number of rotatable bonds is 6. The number of aromatic carboxylic acids is 1. The minimum atomic E-state index is -1.06. The lowest BCUT2D eigenvalue weighted by Crippen LogP contribution is -2.30. The van der Waals surface area contributed by atoms with Gasteiger partial charge in [0.25, 0.3) is 0 Å². The summed E-state index contributed by atoms with van der Waals surface area (Å²) in [5.74, 6) is -1.02. The fraction of sp³-hybridized carbons (Fsp3) is 0.533. The van der Waals surface area contributed by atoms with Gasteiger partial charge in [-0.2, -0.15) is 0 Å². The Balaban J connectivity index is 2.18. The lowest BCUT2D eigenvalue weighted by atomic mass is 10.1. The fourth-order valence-electron chi connectivity index (χ4n) is 2.36. The molecule has 0 spiro atoms. The van der Waals surface area contributed by atoms with Gasteiger partial charge in [0.1, 0.15) is 5.82 Å². The number of carboxylic acids is 1. The summed E-state index contributed by atoms with van der Waals surface area (Å²) in [5.41, 5.74) is 0.774. The molecule has 4 heteroatoms. The van der Waals surface area contributed by atoms with Gasteiger partial charge in [-0.25, -0.2) is 9.18 Å². The van der Waals surface area contributed by atoms with Crippen molar-refractivity contribution in [1.82, 2.24) is 4.90 Å². The molecule has 0 atom stereocenters. The molecule has 0 aliphatic heterocycles. The molecule has 0 saturated heterocycles. The highest BCUT2D eigenvalue weighted by Gasteiger charge is 2.30. The monoisotopic (exact) mass is 265 g/mol. The van der Waals surface area contributed by atoms with Crippen LogP contribution in [0.2, 0.25) is 0 Å². The van der Waals surface area contributed by atoms with E-state index in [1.165, 1.54) is 18.9 Å². The molecule has 0 bridgehead atoms. The van der Waals surface area contributed by atoms with Crippen LogP contribution in [0.3, 0.4) is 0 Å². The van der Waals surface area contributed by atoms with Crippen LogP contribution in [0, 0.1) is 11.7 Å². The van der Waals surface area contributed by atoms with Crippen molar-refractivity contribution in [2.45, 2.75) is 39.3 Å². The largest absolute Gasteiger partial charge is 0.478 e. The molecule has 0 amide bonds. The molecule has 0 unspecified atom stereocenters. The highest BCUT2D eigenvalue weighted by Crippen LogP contribution is 2.29. The maximum atomic E-state index is 13.1. The van der Waals surface area contributed by atoms with Crippen molar-refractivity contribution in [3.05, 3.63) is 35.1 Å². The fourth-order valence-corrected chi connectivity index (χ4v) is 2.36. The summed E-state index contributed by atoms with van der Waals surface area (Å²) in [5, 5.41) is 9.15. The van der Waals surface area contributed by atoms with Crippen LogP contribution in [-0.4, -0.2) is 28.6 Å². The molecule has 0 radical (unpaired) electrons. The zero-order valence-corrected chi connectivity index (χ0v) is 11.4. The summed E-state index contributed by atoms with van der Waals surface area (Å²) in [4.78, 5) is 13.5. The highest BCUT2D eigenvalue weighted by atomic mass is 19.1. The van der Waals surface area contributed by atoms with Crippen molar-refractivity contribution < 1.29 is 14.3 Å². The molecular formula is C15H20FNO2. The van der Waals surface area contributed by atoms with Crippen LogP contribution in [-0.2, 0) is 6.54 Å². The first-order valence-corrected chi connectivity index (χ1v) is 6.73. The molecular weight excluding hydrogens is 245 g/mol. The van der Waals surface area contributed by atoms with E-state index < -0.39 is 11.8 Å². The Morgan fingerprint density at radius 3 is 2.68 bits per heavy atom. The molecule has 1 aromatic carbocycles. The quantitative estimate of drug-likeness (QED) is 0.859. The summed E-state index contributed by atoms with van der Waals surface area (Å²) in [7, 11) is 0. The standard InChI is InChI=1S/C15H20FNO2/c1-10(2)8-17(13-5-6-13)9-11-3-4-12(16)7-14(11)15(18)19/h3-4,7,10,13H,5-6,8-9H2,1-2H3,(H,18,19). The van der Waals surface area contributed by atoms with Crippen LogP contribution in [0.5, 0.6) is 0 Å². The van der Waals surface area contributed by atoms with Crippen LogP contribution in [0.25, 0.3) is 0 Å². The number of hydrogen-bond acceptors (Lipinski definition) is 2. The van der Waals surface area contributed by atoms with Crippen molar-refractivity contribution in [2.24, 2.45) is 5.92 Å². The smallest absolute Gasteiger partial charge is 0.336 e. The maximum Gasteiger partial charge on any atom is 0.336 e. The molecule has 1 aliphatic carbocycles. The van der Waals surface area contributed by atoms with Crippen LogP contribution >= 0.6 is 0 Å². The number of carbonyl (C=O) groups is 1. The Kier molecular flexibility index (Phi) is 4.20. The van der Waals surface area contributed by atoms with Gasteiger partial charge >= 0.3 is 5.97 Å². The highest BCUT2D eigenvalue weighted by molar-refractivity contribution is 5.89. The minimum Gasteiger partial charge on any atom is -0.478 e. The van der Waals surface area contributed by atoms with E-state index in [1.807, 2.05) is 0 Å². The first-order chi connectivity index (χ1) is 8.97. The molecule has 2 rings (SSSR count). The third kappa shape index (κ3) is 3.77. The molecule has 3 nitrogen and oxygen atoms in total. The SMILES string of the molecule is CC(C)CN(Cc1ccc(F)cc1C(=O)O)C1CC1. The average molecular weight is 265 g/mol. The number of carboxylic acid groups (broad SMARTS) is 1. The molecule has 0 heterocycles.